The summed E-state index contributed by atoms with van der Waals surface area (Å²) in [6.45, 7) is 9.09. The predicted octanol–water partition coefficient (Wildman–Crippen LogP) is 3.72. The number of rotatable bonds is 7. The lowest BCUT2D eigenvalue weighted by atomic mass is 10.0. The first-order valence-corrected chi connectivity index (χ1v) is 10.5. The zero-order valence-corrected chi connectivity index (χ0v) is 17.9. The third kappa shape index (κ3) is 4.25. The number of halogens is 1. The minimum absolute atomic E-state index is 0.0224. The van der Waals surface area contributed by atoms with Gasteiger partial charge in [0.25, 0.3) is 0 Å². The Morgan fingerprint density at radius 3 is 2.84 bits per heavy atom. The smallest absolute Gasteiger partial charge is 0.167 e. The summed E-state index contributed by atoms with van der Waals surface area (Å²) in [5, 5.41) is 8.71. The molecule has 0 amide bonds. The highest BCUT2D eigenvalue weighted by Gasteiger charge is 2.41. The summed E-state index contributed by atoms with van der Waals surface area (Å²) < 4.78 is 25.9. The van der Waals surface area contributed by atoms with E-state index in [1.54, 1.807) is 6.07 Å². The highest BCUT2D eigenvalue weighted by molar-refractivity contribution is 6.13. The predicted molar refractivity (Wildman–Crippen MR) is 118 cm³/mol. The van der Waals surface area contributed by atoms with Gasteiger partial charge in [-0.05, 0) is 32.3 Å². The fourth-order valence-corrected chi connectivity index (χ4v) is 3.78. The first-order valence-electron chi connectivity index (χ1n) is 10.5. The van der Waals surface area contributed by atoms with E-state index < -0.39 is 5.82 Å². The Balaban J connectivity index is 1.67. The molecule has 2 aliphatic rings. The van der Waals surface area contributed by atoms with Gasteiger partial charge in [-0.3, -0.25) is 5.41 Å². The SMILES string of the molecule is C=CC1COCC(CC)N1c1cc(C(=N)c2cc(OC3(C)CC3)c(F)cc2N)ncn1. The Kier molecular flexibility index (Phi) is 5.66. The minimum atomic E-state index is -0.529. The fourth-order valence-electron chi connectivity index (χ4n) is 3.78. The average molecular weight is 426 g/mol. The monoisotopic (exact) mass is 425 g/mol. The zero-order chi connectivity index (χ0) is 22.2. The molecule has 1 aliphatic heterocycles. The van der Waals surface area contributed by atoms with Crippen LogP contribution in [0.4, 0.5) is 15.9 Å². The topological polar surface area (TPSA) is 97.3 Å². The normalized spacial score (nSPS) is 22.1. The van der Waals surface area contributed by atoms with Crippen molar-refractivity contribution < 1.29 is 13.9 Å². The van der Waals surface area contributed by atoms with Crippen molar-refractivity contribution >= 4 is 17.2 Å². The van der Waals surface area contributed by atoms with E-state index in [9.17, 15) is 4.39 Å². The van der Waals surface area contributed by atoms with Crippen LogP contribution in [0.15, 0.2) is 37.2 Å². The lowest BCUT2D eigenvalue weighted by Crippen LogP contribution is -2.51. The largest absolute Gasteiger partial charge is 0.484 e. The lowest BCUT2D eigenvalue weighted by Gasteiger charge is -2.41. The van der Waals surface area contributed by atoms with Gasteiger partial charge in [0.05, 0.1) is 36.7 Å². The van der Waals surface area contributed by atoms with Gasteiger partial charge < -0.3 is 20.1 Å². The molecule has 2 fully saturated rings. The van der Waals surface area contributed by atoms with Gasteiger partial charge in [0.2, 0.25) is 0 Å². The van der Waals surface area contributed by atoms with Gasteiger partial charge in [0.1, 0.15) is 17.7 Å². The van der Waals surface area contributed by atoms with E-state index in [1.807, 2.05) is 13.0 Å². The second kappa shape index (κ2) is 8.26. The molecule has 8 heteroatoms. The van der Waals surface area contributed by atoms with Crippen molar-refractivity contribution in [3.05, 3.63) is 54.3 Å². The number of nitrogens with zero attached hydrogens (tertiary/aromatic N) is 3. The van der Waals surface area contributed by atoms with Crippen molar-refractivity contribution in [2.45, 2.75) is 50.8 Å². The van der Waals surface area contributed by atoms with Gasteiger partial charge in [-0.1, -0.05) is 13.0 Å². The Bertz CT molecular complexity index is 1010. The van der Waals surface area contributed by atoms with Crippen LogP contribution in [0.2, 0.25) is 0 Å². The molecule has 0 radical (unpaired) electrons. The number of nitrogens with one attached hydrogen (secondary N) is 1. The molecule has 3 N–H and O–H groups in total. The van der Waals surface area contributed by atoms with Crippen LogP contribution in [0, 0.1) is 11.2 Å². The van der Waals surface area contributed by atoms with Crippen molar-refractivity contribution in [3.8, 4) is 5.75 Å². The van der Waals surface area contributed by atoms with Gasteiger partial charge in [-0.2, -0.15) is 0 Å². The van der Waals surface area contributed by atoms with Crippen LogP contribution in [-0.2, 0) is 4.74 Å². The Morgan fingerprint density at radius 1 is 1.39 bits per heavy atom. The van der Waals surface area contributed by atoms with Gasteiger partial charge >= 0.3 is 0 Å². The summed E-state index contributed by atoms with van der Waals surface area (Å²) in [5.74, 6) is 0.269. The molecule has 1 aromatic carbocycles. The molecule has 1 saturated carbocycles. The molecule has 2 heterocycles. The molecule has 1 saturated heterocycles. The number of aromatic nitrogens is 2. The van der Waals surface area contributed by atoms with E-state index in [0.29, 0.717) is 30.3 Å². The van der Waals surface area contributed by atoms with E-state index in [4.69, 9.17) is 20.6 Å². The molecule has 1 aromatic heterocycles. The van der Waals surface area contributed by atoms with Crippen LogP contribution in [-0.4, -0.2) is 46.6 Å². The number of ether oxygens (including phenoxy) is 2. The Morgan fingerprint density at radius 2 is 2.16 bits per heavy atom. The van der Waals surface area contributed by atoms with Crippen LogP contribution in [0.25, 0.3) is 0 Å². The minimum Gasteiger partial charge on any atom is -0.484 e. The number of morpholine rings is 1. The van der Waals surface area contributed by atoms with Crippen LogP contribution < -0.4 is 15.4 Å². The maximum absolute atomic E-state index is 14.4. The third-order valence-electron chi connectivity index (χ3n) is 5.95. The lowest BCUT2D eigenvalue weighted by molar-refractivity contribution is 0.0761. The number of hydrogen-bond donors (Lipinski definition) is 2. The number of nitrogen functional groups attached to an aromatic ring is 1. The second-order valence-corrected chi connectivity index (χ2v) is 8.37. The maximum atomic E-state index is 14.4. The standard InChI is InChI=1S/C23H28FN5O2/c1-4-14-11-30-12-15(5-2)29(14)21-10-19(27-13-28-21)22(26)16-8-20(17(24)9-18(16)25)31-23(3)6-7-23/h4,8-10,13-15,26H,1,5-7,11-12,25H2,2-3H3. The average Bonchev–Trinajstić information content (AvgIpc) is 3.51. The van der Waals surface area contributed by atoms with Gasteiger partial charge in [0, 0.05) is 23.4 Å². The summed E-state index contributed by atoms with van der Waals surface area (Å²) in [5.41, 5.74) is 6.74. The second-order valence-electron chi connectivity index (χ2n) is 8.37. The summed E-state index contributed by atoms with van der Waals surface area (Å²) in [6, 6.07) is 4.58. The summed E-state index contributed by atoms with van der Waals surface area (Å²) in [7, 11) is 0. The maximum Gasteiger partial charge on any atom is 0.167 e. The fraction of sp³-hybridized carbons (Fsp3) is 0.435. The van der Waals surface area contributed by atoms with E-state index in [2.05, 4.69) is 28.4 Å². The van der Waals surface area contributed by atoms with E-state index in [-0.39, 0.29) is 34.8 Å². The van der Waals surface area contributed by atoms with E-state index in [1.165, 1.54) is 18.5 Å². The number of nitrogens with two attached hydrogens (primary N) is 1. The summed E-state index contributed by atoms with van der Waals surface area (Å²) in [4.78, 5) is 10.9. The van der Waals surface area contributed by atoms with E-state index >= 15 is 0 Å². The molecule has 2 aromatic rings. The molecular weight excluding hydrogens is 397 g/mol. The Labute approximate surface area is 181 Å². The van der Waals surface area contributed by atoms with Gasteiger partial charge in [-0.25, -0.2) is 14.4 Å². The molecule has 31 heavy (non-hydrogen) atoms. The molecule has 2 unspecified atom stereocenters. The van der Waals surface area contributed by atoms with Crippen LogP contribution in [0.5, 0.6) is 5.75 Å². The summed E-state index contributed by atoms with van der Waals surface area (Å²) in [6.07, 6.45) is 5.91. The number of benzene rings is 1. The van der Waals surface area contributed by atoms with Crippen LogP contribution in [0.1, 0.15) is 44.4 Å². The molecule has 4 rings (SSSR count). The zero-order valence-electron chi connectivity index (χ0n) is 17.9. The third-order valence-corrected chi connectivity index (χ3v) is 5.95. The molecule has 7 nitrogen and oxygen atoms in total. The van der Waals surface area contributed by atoms with Gasteiger partial charge in [-0.15, -0.1) is 6.58 Å². The van der Waals surface area contributed by atoms with Crippen molar-refractivity contribution in [2.75, 3.05) is 23.8 Å². The molecular formula is C23H28FN5O2. The van der Waals surface area contributed by atoms with Crippen molar-refractivity contribution in [3.63, 3.8) is 0 Å². The highest BCUT2D eigenvalue weighted by atomic mass is 19.1. The van der Waals surface area contributed by atoms with Crippen molar-refractivity contribution in [1.29, 1.82) is 5.41 Å². The molecule has 2 atom stereocenters. The van der Waals surface area contributed by atoms with Crippen LogP contribution in [0.3, 0.4) is 0 Å². The molecule has 0 bridgehead atoms. The molecule has 164 valence electrons. The number of anilines is 2. The van der Waals surface area contributed by atoms with E-state index in [0.717, 1.165) is 19.3 Å². The first kappa shape index (κ1) is 21.2. The van der Waals surface area contributed by atoms with Crippen molar-refractivity contribution in [1.82, 2.24) is 9.97 Å². The van der Waals surface area contributed by atoms with Crippen molar-refractivity contribution in [2.24, 2.45) is 0 Å². The van der Waals surface area contributed by atoms with Crippen LogP contribution >= 0.6 is 0 Å². The number of hydrogen-bond acceptors (Lipinski definition) is 7. The summed E-state index contributed by atoms with van der Waals surface area (Å²) >= 11 is 0. The first-order chi connectivity index (χ1) is 14.8. The highest BCUT2D eigenvalue weighted by Crippen LogP contribution is 2.41. The Hall–Kier alpha value is -3.00. The van der Waals surface area contributed by atoms with Gasteiger partial charge in [0.15, 0.2) is 11.6 Å². The molecule has 1 aliphatic carbocycles. The quantitative estimate of drug-likeness (QED) is 0.399. The molecule has 0 spiro atoms.